The number of nitrogens with zero attached hydrogens (tertiary/aromatic N) is 1. The van der Waals surface area contributed by atoms with Gasteiger partial charge >= 0.3 is 0 Å². The monoisotopic (exact) mass is 342 g/mol. The van der Waals surface area contributed by atoms with Crippen LogP contribution in [0.15, 0.2) is 60.9 Å². The molecule has 0 bridgehead atoms. The van der Waals surface area contributed by atoms with Crippen LogP contribution in [-0.4, -0.2) is 9.97 Å². The molecule has 1 N–H and O–H groups in total. The number of benzene rings is 2. The number of allylic oxidation sites excluding steroid dienone is 2. The molecule has 26 heavy (non-hydrogen) atoms. The molecule has 0 fully saturated rings. The summed E-state index contributed by atoms with van der Waals surface area (Å²) in [4.78, 5) is 8.03. The summed E-state index contributed by atoms with van der Waals surface area (Å²) in [6, 6.07) is 17.6. The fourth-order valence-corrected chi connectivity index (χ4v) is 4.33. The molecule has 1 atom stereocenters. The quantitative estimate of drug-likeness (QED) is 0.597. The number of rotatable bonds is 4. The molecule has 0 saturated carbocycles. The number of hydrogen-bond acceptors (Lipinski definition) is 1. The summed E-state index contributed by atoms with van der Waals surface area (Å²) in [6.07, 6.45) is 3.79. The maximum Gasteiger partial charge on any atom is 0.118 e. The van der Waals surface area contributed by atoms with E-state index in [1.54, 1.807) is 0 Å². The van der Waals surface area contributed by atoms with Crippen LogP contribution in [-0.2, 0) is 0 Å². The Bertz CT molecular complexity index is 932. The summed E-state index contributed by atoms with van der Waals surface area (Å²) in [7, 11) is 0. The Balaban J connectivity index is 2.07. The summed E-state index contributed by atoms with van der Waals surface area (Å²) >= 11 is 0. The molecular formula is C24H26N2. The summed E-state index contributed by atoms with van der Waals surface area (Å²) < 4.78 is 0. The fraction of sp³-hybridized carbons (Fsp3) is 0.292. The molecule has 1 aliphatic rings. The number of imidazole rings is 1. The van der Waals surface area contributed by atoms with E-state index in [4.69, 9.17) is 0 Å². The van der Waals surface area contributed by atoms with Crippen LogP contribution in [0.2, 0.25) is 0 Å². The van der Waals surface area contributed by atoms with Gasteiger partial charge in [0.1, 0.15) is 5.82 Å². The predicted octanol–water partition coefficient (Wildman–Crippen LogP) is 6.25. The van der Waals surface area contributed by atoms with Crippen LogP contribution in [0.3, 0.4) is 0 Å². The third-order valence-electron chi connectivity index (χ3n) is 5.37. The van der Waals surface area contributed by atoms with Gasteiger partial charge in [0.05, 0.1) is 5.92 Å². The highest BCUT2D eigenvalue weighted by Gasteiger charge is 2.37. The van der Waals surface area contributed by atoms with Crippen LogP contribution < -0.4 is 0 Å². The van der Waals surface area contributed by atoms with Gasteiger partial charge in [-0.2, -0.15) is 0 Å². The fourth-order valence-electron chi connectivity index (χ4n) is 4.33. The number of nitrogens with one attached hydrogen (secondary N) is 1. The Kier molecular flexibility index (Phi) is 4.28. The second kappa shape index (κ2) is 6.60. The second-order valence-electron chi connectivity index (χ2n) is 7.72. The van der Waals surface area contributed by atoms with Gasteiger partial charge in [-0.3, -0.25) is 0 Å². The van der Waals surface area contributed by atoms with Gasteiger partial charge in [0.2, 0.25) is 0 Å². The molecule has 1 heterocycles. The first kappa shape index (κ1) is 16.8. The summed E-state index contributed by atoms with van der Waals surface area (Å²) in [5.74, 6) is 2.13. The summed E-state index contributed by atoms with van der Waals surface area (Å²) in [5, 5.41) is 0. The zero-order valence-corrected chi connectivity index (χ0v) is 16.0. The smallest absolute Gasteiger partial charge is 0.118 e. The van der Waals surface area contributed by atoms with Crippen LogP contribution in [0.4, 0.5) is 0 Å². The molecule has 1 aromatic heterocycles. The number of H-pyrrole nitrogens is 1. The van der Waals surface area contributed by atoms with Crippen molar-refractivity contribution in [2.75, 3.05) is 0 Å². The summed E-state index contributed by atoms with van der Waals surface area (Å²) in [6.45, 7) is 9.19. The van der Waals surface area contributed by atoms with E-state index in [0.29, 0.717) is 11.8 Å². The highest BCUT2D eigenvalue weighted by atomic mass is 14.9. The van der Waals surface area contributed by atoms with E-state index in [-0.39, 0.29) is 5.92 Å². The van der Waals surface area contributed by atoms with Crippen LogP contribution in [0.1, 0.15) is 67.6 Å². The first-order valence-electron chi connectivity index (χ1n) is 9.51. The Labute approximate surface area is 156 Å². The van der Waals surface area contributed by atoms with E-state index in [1.165, 1.54) is 33.4 Å². The van der Waals surface area contributed by atoms with Gasteiger partial charge in [-0.25, -0.2) is 4.98 Å². The molecule has 1 unspecified atom stereocenters. The lowest BCUT2D eigenvalue weighted by atomic mass is 9.86. The standard InChI is InChI=1S/C24H26N2/c1-15(2)18-11-8-12-19-22(18)20(16(3)4)21(17-9-6-5-7-10-17)23(19)24-25-13-14-26-24/h5-16,23H,1-4H3,(H,25,26). The average Bonchev–Trinajstić information content (AvgIpc) is 3.27. The zero-order valence-electron chi connectivity index (χ0n) is 16.0. The number of aromatic nitrogens is 2. The van der Waals surface area contributed by atoms with Crippen LogP contribution in [0.5, 0.6) is 0 Å². The van der Waals surface area contributed by atoms with Crippen molar-refractivity contribution in [1.82, 2.24) is 9.97 Å². The molecule has 2 heteroatoms. The lowest BCUT2D eigenvalue weighted by molar-refractivity contribution is 0.832. The van der Waals surface area contributed by atoms with Crippen molar-refractivity contribution in [3.63, 3.8) is 0 Å². The lowest BCUT2D eigenvalue weighted by Gasteiger charge is -2.18. The minimum Gasteiger partial charge on any atom is -0.348 e. The van der Waals surface area contributed by atoms with Crippen molar-refractivity contribution in [1.29, 1.82) is 0 Å². The molecular weight excluding hydrogens is 316 g/mol. The molecule has 4 rings (SSSR count). The Hall–Kier alpha value is -2.61. The van der Waals surface area contributed by atoms with E-state index in [0.717, 1.165) is 5.82 Å². The normalized spacial score (nSPS) is 16.6. The maximum absolute atomic E-state index is 4.65. The average molecular weight is 342 g/mol. The van der Waals surface area contributed by atoms with Gasteiger partial charge in [-0.1, -0.05) is 76.2 Å². The van der Waals surface area contributed by atoms with Crippen molar-refractivity contribution in [2.24, 2.45) is 5.92 Å². The van der Waals surface area contributed by atoms with E-state index >= 15 is 0 Å². The summed E-state index contributed by atoms with van der Waals surface area (Å²) in [5.41, 5.74) is 8.43. The first-order valence-corrected chi connectivity index (χ1v) is 9.51. The minimum atomic E-state index is 0.165. The Morgan fingerprint density at radius 2 is 1.65 bits per heavy atom. The van der Waals surface area contributed by atoms with Crippen LogP contribution >= 0.6 is 0 Å². The Morgan fingerprint density at radius 1 is 0.885 bits per heavy atom. The molecule has 3 aromatic rings. The van der Waals surface area contributed by atoms with E-state index in [9.17, 15) is 0 Å². The van der Waals surface area contributed by atoms with Crippen molar-refractivity contribution in [2.45, 2.75) is 39.5 Å². The highest BCUT2D eigenvalue weighted by Crippen LogP contribution is 2.53. The molecule has 0 amide bonds. The van der Waals surface area contributed by atoms with Crippen molar-refractivity contribution < 1.29 is 0 Å². The number of aromatic amines is 1. The van der Waals surface area contributed by atoms with Crippen molar-refractivity contribution >= 4 is 11.1 Å². The molecule has 0 saturated heterocycles. The molecule has 0 spiro atoms. The van der Waals surface area contributed by atoms with Crippen LogP contribution in [0.25, 0.3) is 11.1 Å². The maximum atomic E-state index is 4.65. The van der Waals surface area contributed by atoms with Gasteiger partial charge in [0, 0.05) is 12.4 Å². The topological polar surface area (TPSA) is 28.7 Å². The predicted molar refractivity (Wildman–Crippen MR) is 109 cm³/mol. The number of fused-ring (bicyclic) bond motifs is 1. The van der Waals surface area contributed by atoms with Crippen LogP contribution in [0, 0.1) is 5.92 Å². The van der Waals surface area contributed by atoms with Gasteiger partial charge in [0.25, 0.3) is 0 Å². The molecule has 2 aromatic carbocycles. The molecule has 0 radical (unpaired) electrons. The van der Waals surface area contributed by atoms with Crippen molar-refractivity contribution in [3.05, 3.63) is 89.0 Å². The van der Waals surface area contributed by atoms with Gasteiger partial charge in [0.15, 0.2) is 0 Å². The molecule has 1 aliphatic carbocycles. The van der Waals surface area contributed by atoms with Gasteiger partial charge in [-0.15, -0.1) is 0 Å². The lowest BCUT2D eigenvalue weighted by Crippen LogP contribution is -2.04. The highest BCUT2D eigenvalue weighted by molar-refractivity contribution is 6.02. The molecule has 2 nitrogen and oxygen atoms in total. The zero-order chi connectivity index (χ0) is 18.3. The van der Waals surface area contributed by atoms with E-state index in [1.807, 2.05) is 12.4 Å². The van der Waals surface area contributed by atoms with E-state index in [2.05, 4.69) is 86.2 Å². The minimum absolute atomic E-state index is 0.165. The SMILES string of the molecule is CC(C)C1=C(c2ccccc2)C(c2ncc[nH]2)c2cccc(C(C)C)c21. The van der Waals surface area contributed by atoms with Crippen molar-refractivity contribution in [3.8, 4) is 0 Å². The number of hydrogen-bond donors (Lipinski definition) is 1. The third-order valence-corrected chi connectivity index (χ3v) is 5.37. The van der Waals surface area contributed by atoms with E-state index < -0.39 is 0 Å². The third kappa shape index (κ3) is 2.61. The van der Waals surface area contributed by atoms with Gasteiger partial charge in [-0.05, 0) is 45.2 Å². The molecule has 0 aliphatic heterocycles. The molecule has 132 valence electrons. The van der Waals surface area contributed by atoms with Gasteiger partial charge < -0.3 is 4.98 Å². The second-order valence-corrected chi connectivity index (χ2v) is 7.72. The Morgan fingerprint density at radius 3 is 2.27 bits per heavy atom. The first-order chi connectivity index (χ1) is 12.6. The largest absolute Gasteiger partial charge is 0.348 e.